The van der Waals surface area contributed by atoms with Crippen LogP contribution in [0.2, 0.25) is 0 Å². The predicted octanol–water partition coefficient (Wildman–Crippen LogP) is 2.79. The first-order valence-corrected chi connectivity index (χ1v) is 11.8. The molecule has 1 N–H and O–H groups in total. The van der Waals surface area contributed by atoms with Crippen molar-refractivity contribution < 1.29 is 4.74 Å². The number of rotatable bonds is 7. The van der Waals surface area contributed by atoms with Gasteiger partial charge in [-0.25, -0.2) is 4.99 Å². The van der Waals surface area contributed by atoms with Crippen LogP contribution in [0.1, 0.15) is 44.2 Å². The van der Waals surface area contributed by atoms with E-state index in [1.807, 2.05) is 0 Å². The maximum Gasteiger partial charge on any atom is 0.194 e. The number of piperidine rings is 1. The van der Waals surface area contributed by atoms with Gasteiger partial charge in [-0.15, -0.1) is 0 Å². The number of guanidine groups is 1. The van der Waals surface area contributed by atoms with Crippen LogP contribution in [0.15, 0.2) is 29.3 Å². The molecule has 0 spiro atoms. The molecular formula is C24H41N5O. The lowest BCUT2D eigenvalue weighted by Gasteiger charge is -2.34. The average Bonchev–Trinajstić information content (AvgIpc) is 2.97. The van der Waals surface area contributed by atoms with Gasteiger partial charge in [-0.1, -0.05) is 24.3 Å². The van der Waals surface area contributed by atoms with E-state index in [0.29, 0.717) is 6.10 Å². The summed E-state index contributed by atoms with van der Waals surface area (Å²) < 4.78 is 5.79. The van der Waals surface area contributed by atoms with Gasteiger partial charge in [-0.05, 0) is 64.4 Å². The smallest absolute Gasteiger partial charge is 0.194 e. The van der Waals surface area contributed by atoms with Crippen molar-refractivity contribution in [1.29, 1.82) is 0 Å². The van der Waals surface area contributed by atoms with Crippen molar-refractivity contribution in [1.82, 2.24) is 20.0 Å². The third kappa shape index (κ3) is 7.25. The molecule has 30 heavy (non-hydrogen) atoms. The fraction of sp³-hybridized carbons (Fsp3) is 0.708. The highest BCUT2D eigenvalue weighted by Gasteiger charge is 2.21. The van der Waals surface area contributed by atoms with E-state index in [4.69, 9.17) is 9.73 Å². The number of benzene rings is 1. The number of nitrogens with zero attached hydrogens (tertiary/aromatic N) is 4. The molecule has 0 radical (unpaired) electrons. The maximum absolute atomic E-state index is 5.79. The van der Waals surface area contributed by atoms with E-state index in [-0.39, 0.29) is 0 Å². The summed E-state index contributed by atoms with van der Waals surface area (Å²) in [6.07, 6.45) is 3.84. The van der Waals surface area contributed by atoms with E-state index >= 15 is 0 Å². The summed E-state index contributed by atoms with van der Waals surface area (Å²) in [6.45, 7) is 14.5. The van der Waals surface area contributed by atoms with Crippen LogP contribution < -0.4 is 5.32 Å². The lowest BCUT2D eigenvalue weighted by atomic mass is 10.1. The number of ether oxygens (including phenoxy) is 1. The van der Waals surface area contributed by atoms with Gasteiger partial charge in [0.25, 0.3) is 0 Å². The number of likely N-dealkylation sites (N-methyl/N-ethyl adjacent to an activating group) is 1. The van der Waals surface area contributed by atoms with Gasteiger partial charge in [-0.2, -0.15) is 0 Å². The standard InChI is InChI=1S/C24H41N5O/c1-4-25-24(29-15-11-23(12-16-29)30-5-2)26-19-21-7-9-22(10-8-21)20-28-14-6-13-27(3)17-18-28/h7-10,23H,4-6,11-20H2,1-3H3,(H,25,26). The van der Waals surface area contributed by atoms with E-state index in [1.165, 1.54) is 37.2 Å². The monoisotopic (exact) mass is 415 g/mol. The molecule has 2 saturated heterocycles. The minimum atomic E-state index is 0.409. The third-order valence-corrected chi connectivity index (χ3v) is 6.13. The van der Waals surface area contributed by atoms with E-state index < -0.39 is 0 Å². The van der Waals surface area contributed by atoms with Gasteiger partial charge in [0.1, 0.15) is 0 Å². The highest BCUT2D eigenvalue weighted by Crippen LogP contribution is 2.15. The van der Waals surface area contributed by atoms with Crippen molar-refractivity contribution in [2.75, 3.05) is 59.5 Å². The van der Waals surface area contributed by atoms with Gasteiger partial charge in [0, 0.05) is 45.9 Å². The average molecular weight is 416 g/mol. The van der Waals surface area contributed by atoms with Crippen molar-refractivity contribution in [2.24, 2.45) is 4.99 Å². The molecule has 1 aromatic carbocycles. The summed E-state index contributed by atoms with van der Waals surface area (Å²) in [7, 11) is 2.22. The molecule has 3 rings (SSSR count). The van der Waals surface area contributed by atoms with E-state index in [0.717, 1.165) is 64.7 Å². The Kier molecular flexibility index (Phi) is 9.43. The summed E-state index contributed by atoms with van der Waals surface area (Å²) in [5.41, 5.74) is 2.67. The lowest BCUT2D eigenvalue weighted by Crippen LogP contribution is -2.47. The highest BCUT2D eigenvalue weighted by molar-refractivity contribution is 5.80. The van der Waals surface area contributed by atoms with Crippen LogP contribution in [0.5, 0.6) is 0 Å². The van der Waals surface area contributed by atoms with Crippen molar-refractivity contribution in [3.05, 3.63) is 35.4 Å². The van der Waals surface area contributed by atoms with Crippen LogP contribution >= 0.6 is 0 Å². The zero-order valence-corrected chi connectivity index (χ0v) is 19.3. The number of nitrogens with one attached hydrogen (secondary N) is 1. The van der Waals surface area contributed by atoms with E-state index in [9.17, 15) is 0 Å². The number of hydrogen-bond donors (Lipinski definition) is 1. The molecule has 2 aliphatic rings. The second kappa shape index (κ2) is 12.3. The van der Waals surface area contributed by atoms with Crippen LogP contribution in [-0.4, -0.2) is 86.2 Å². The molecule has 6 heteroatoms. The predicted molar refractivity (Wildman–Crippen MR) is 125 cm³/mol. The van der Waals surface area contributed by atoms with Gasteiger partial charge in [0.2, 0.25) is 0 Å². The molecule has 2 aliphatic heterocycles. The normalized spacial score (nSPS) is 20.4. The minimum Gasteiger partial charge on any atom is -0.378 e. The molecular weight excluding hydrogens is 374 g/mol. The first kappa shape index (κ1) is 23.0. The molecule has 0 atom stereocenters. The molecule has 1 aromatic rings. The number of likely N-dealkylation sites (tertiary alicyclic amines) is 1. The van der Waals surface area contributed by atoms with Crippen LogP contribution in [-0.2, 0) is 17.8 Å². The second-order valence-corrected chi connectivity index (χ2v) is 8.56. The zero-order chi connectivity index (χ0) is 21.2. The topological polar surface area (TPSA) is 43.3 Å². The summed E-state index contributed by atoms with van der Waals surface area (Å²) in [6, 6.07) is 9.04. The van der Waals surface area contributed by atoms with Crippen molar-refractivity contribution in [3.63, 3.8) is 0 Å². The molecule has 0 aromatic heterocycles. The fourth-order valence-corrected chi connectivity index (χ4v) is 4.33. The third-order valence-electron chi connectivity index (χ3n) is 6.13. The SMILES string of the molecule is CCNC(=NCc1ccc(CN2CCCN(C)CC2)cc1)N1CCC(OCC)CC1. The molecule has 0 bridgehead atoms. The van der Waals surface area contributed by atoms with Crippen LogP contribution in [0.25, 0.3) is 0 Å². The number of aliphatic imine (C=N–C) groups is 1. The molecule has 168 valence electrons. The Morgan fingerprint density at radius 1 is 1.00 bits per heavy atom. The summed E-state index contributed by atoms with van der Waals surface area (Å²) in [5.74, 6) is 1.03. The highest BCUT2D eigenvalue weighted by atomic mass is 16.5. The van der Waals surface area contributed by atoms with E-state index in [2.05, 4.69) is 65.2 Å². The van der Waals surface area contributed by atoms with Crippen LogP contribution in [0.3, 0.4) is 0 Å². The molecule has 0 unspecified atom stereocenters. The first-order valence-electron chi connectivity index (χ1n) is 11.8. The quantitative estimate of drug-likeness (QED) is 0.548. The molecule has 2 heterocycles. The Labute approximate surface area is 183 Å². The van der Waals surface area contributed by atoms with Crippen molar-refractivity contribution in [2.45, 2.75) is 52.3 Å². The molecule has 0 amide bonds. The lowest BCUT2D eigenvalue weighted by molar-refractivity contribution is 0.0263. The summed E-state index contributed by atoms with van der Waals surface area (Å²) in [4.78, 5) is 12.3. The van der Waals surface area contributed by atoms with Crippen molar-refractivity contribution in [3.8, 4) is 0 Å². The van der Waals surface area contributed by atoms with Crippen LogP contribution in [0.4, 0.5) is 0 Å². The Balaban J connectivity index is 1.52. The van der Waals surface area contributed by atoms with Gasteiger partial charge in [0.05, 0.1) is 12.6 Å². The summed E-state index contributed by atoms with van der Waals surface area (Å²) in [5, 5.41) is 3.47. The van der Waals surface area contributed by atoms with Crippen LogP contribution in [0, 0.1) is 0 Å². The van der Waals surface area contributed by atoms with Gasteiger partial charge in [-0.3, -0.25) is 4.90 Å². The van der Waals surface area contributed by atoms with Gasteiger partial charge < -0.3 is 19.9 Å². The van der Waals surface area contributed by atoms with Crippen molar-refractivity contribution >= 4 is 5.96 Å². The molecule has 0 saturated carbocycles. The second-order valence-electron chi connectivity index (χ2n) is 8.56. The maximum atomic E-state index is 5.79. The molecule has 2 fully saturated rings. The Hall–Kier alpha value is -1.63. The molecule has 0 aliphatic carbocycles. The largest absolute Gasteiger partial charge is 0.378 e. The molecule has 6 nitrogen and oxygen atoms in total. The first-order chi connectivity index (χ1) is 14.7. The Bertz CT molecular complexity index is 640. The Morgan fingerprint density at radius 2 is 1.73 bits per heavy atom. The number of hydrogen-bond acceptors (Lipinski definition) is 4. The van der Waals surface area contributed by atoms with Gasteiger partial charge >= 0.3 is 0 Å². The summed E-state index contributed by atoms with van der Waals surface area (Å²) >= 11 is 0. The minimum absolute atomic E-state index is 0.409. The fourth-order valence-electron chi connectivity index (χ4n) is 4.33. The zero-order valence-electron chi connectivity index (χ0n) is 19.3. The van der Waals surface area contributed by atoms with E-state index in [1.54, 1.807) is 0 Å². The van der Waals surface area contributed by atoms with Gasteiger partial charge in [0.15, 0.2) is 5.96 Å². The Morgan fingerprint density at radius 3 is 2.43 bits per heavy atom.